The second kappa shape index (κ2) is 9.99. The third kappa shape index (κ3) is 5.26. The molecule has 198 valence electrons. The van der Waals surface area contributed by atoms with Crippen molar-refractivity contribution in [3.8, 4) is 0 Å². The van der Waals surface area contributed by atoms with E-state index in [-0.39, 0.29) is 34.9 Å². The van der Waals surface area contributed by atoms with Crippen LogP contribution in [0.4, 0.5) is 24.5 Å². The van der Waals surface area contributed by atoms with E-state index < -0.39 is 29.1 Å². The Balaban J connectivity index is 1.57. The average Bonchev–Trinajstić information content (AvgIpc) is 3.52. The zero-order valence-electron chi connectivity index (χ0n) is 20.2. The average molecular weight is 554 g/mol. The number of hydrogen-bond acceptors (Lipinski definition) is 4. The van der Waals surface area contributed by atoms with E-state index in [1.54, 1.807) is 25.1 Å². The van der Waals surface area contributed by atoms with E-state index in [0.717, 1.165) is 12.1 Å². The largest absolute Gasteiger partial charge is 0.417 e. The molecule has 8 nitrogen and oxygen atoms in total. The zero-order valence-corrected chi connectivity index (χ0v) is 21.0. The lowest BCUT2D eigenvalue weighted by molar-refractivity contribution is -0.137. The molecular weight excluding hydrogens is 535 g/mol. The highest BCUT2D eigenvalue weighted by Crippen LogP contribution is 2.33. The van der Waals surface area contributed by atoms with Crippen LogP contribution in [0.1, 0.15) is 50.5 Å². The minimum absolute atomic E-state index is 0.0266. The summed E-state index contributed by atoms with van der Waals surface area (Å²) in [6.07, 6.45) is -4.15. The summed E-state index contributed by atoms with van der Waals surface area (Å²) in [5.74, 6) is -1.63. The van der Waals surface area contributed by atoms with Crippen LogP contribution in [-0.2, 0) is 11.0 Å². The normalized spacial score (nSPS) is 13.5. The van der Waals surface area contributed by atoms with Gasteiger partial charge in [-0.05, 0) is 48.9 Å². The second-order valence-electron chi connectivity index (χ2n) is 8.82. The number of carbonyl (C=O) groups is 3. The maximum absolute atomic E-state index is 13.5. The molecule has 1 aromatic heterocycles. The molecule has 0 saturated heterocycles. The number of aromatic nitrogens is 2. The molecule has 3 N–H and O–H groups in total. The summed E-state index contributed by atoms with van der Waals surface area (Å²) in [5, 5.41) is 5.66. The third-order valence-corrected chi connectivity index (χ3v) is 6.60. The lowest BCUT2D eigenvalue weighted by Crippen LogP contribution is -2.19. The fourth-order valence-electron chi connectivity index (χ4n) is 4.22. The standard InChI is InChI=1S/C27H19ClF3N5O3/c1-13-18(28)7-4-8-19(13)35-26(39)16-11-14(32-25(38)15-5-2-3-6-17(15)27(29,30)31)12-21-23(16)36-24(34-21)20-9-10-22(37)33-20/h2-8,11-12H,9-10H2,1H3,(H,32,38)(H,34,36)(H,35,39). The Labute approximate surface area is 224 Å². The molecule has 0 bridgehead atoms. The van der Waals surface area contributed by atoms with Gasteiger partial charge in [0.2, 0.25) is 5.91 Å². The van der Waals surface area contributed by atoms with Crippen molar-refractivity contribution in [1.82, 2.24) is 9.97 Å². The molecular formula is C27H19ClF3N5O3. The van der Waals surface area contributed by atoms with Crippen LogP contribution in [0.25, 0.3) is 11.0 Å². The summed E-state index contributed by atoms with van der Waals surface area (Å²) in [4.78, 5) is 49.4. The zero-order chi connectivity index (χ0) is 27.9. The number of nitrogens with one attached hydrogen (secondary N) is 3. The second-order valence-corrected chi connectivity index (χ2v) is 9.23. The first kappa shape index (κ1) is 26.1. The number of nitrogens with zero attached hydrogens (tertiary/aromatic N) is 2. The first-order valence-electron chi connectivity index (χ1n) is 11.7. The van der Waals surface area contributed by atoms with Gasteiger partial charge in [-0.25, -0.2) is 9.98 Å². The summed E-state index contributed by atoms with van der Waals surface area (Å²) in [7, 11) is 0. The first-order valence-corrected chi connectivity index (χ1v) is 12.1. The minimum atomic E-state index is -4.74. The topological polar surface area (TPSA) is 116 Å². The fraction of sp³-hybridized carbons (Fsp3) is 0.148. The van der Waals surface area contributed by atoms with Gasteiger partial charge in [0, 0.05) is 29.2 Å². The van der Waals surface area contributed by atoms with Crippen LogP contribution in [0.2, 0.25) is 5.02 Å². The highest BCUT2D eigenvalue weighted by atomic mass is 35.5. The van der Waals surface area contributed by atoms with Gasteiger partial charge in [0.15, 0.2) is 5.82 Å². The van der Waals surface area contributed by atoms with Crippen LogP contribution in [-0.4, -0.2) is 33.4 Å². The molecule has 0 atom stereocenters. The van der Waals surface area contributed by atoms with Gasteiger partial charge in [-0.3, -0.25) is 14.4 Å². The van der Waals surface area contributed by atoms with Crippen LogP contribution >= 0.6 is 11.6 Å². The van der Waals surface area contributed by atoms with Crippen LogP contribution in [0, 0.1) is 6.92 Å². The van der Waals surface area contributed by atoms with Gasteiger partial charge in [-0.1, -0.05) is 29.8 Å². The number of H-pyrrole nitrogens is 1. The third-order valence-electron chi connectivity index (χ3n) is 6.19. The van der Waals surface area contributed by atoms with Gasteiger partial charge in [-0.15, -0.1) is 0 Å². The Hall–Kier alpha value is -4.51. The molecule has 5 rings (SSSR count). The molecule has 1 aliphatic rings. The number of hydrogen-bond donors (Lipinski definition) is 3. The Morgan fingerprint density at radius 2 is 1.72 bits per heavy atom. The van der Waals surface area contributed by atoms with Crippen LogP contribution in [0.3, 0.4) is 0 Å². The summed E-state index contributed by atoms with van der Waals surface area (Å²) < 4.78 is 40.4. The predicted octanol–water partition coefficient (Wildman–Crippen LogP) is 6.16. The van der Waals surface area contributed by atoms with E-state index in [1.165, 1.54) is 24.3 Å². The fourth-order valence-corrected chi connectivity index (χ4v) is 4.39. The number of amides is 3. The molecule has 0 spiro atoms. The first-order chi connectivity index (χ1) is 18.5. The maximum Gasteiger partial charge on any atom is 0.417 e. The number of aromatic amines is 1. The summed E-state index contributed by atoms with van der Waals surface area (Å²) in [6.45, 7) is 1.73. The Morgan fingerprint density at radius 3 is 2.44 bits per heavy atom. The lowest BCUT2D eigenvalue weighted by atomic mass is 10.1. The smallest absolute Gasteiger partial charge is 0.337 e. The van der Waals surface area contributed by atoms with E-state index in [1.807, 2.05) is 0 Å². The number of rotatable bonds is 5. The molecule has 0 radical (unpaired) electrons. The van der Waals surface area contributed by atoms with Crippen molar-refractivity contribution in [3.05, 3.63) is 87.7 Å². The van der Waals surface area contributed by atoms with Gasteiger partial charge in [0.25, 0.3) is 11.8 Å². The number of fused-ring (bicyclic) bond motifs is 1. The molecule has 0 fully saturated rings. The number of aliphatic imine (C=N–C) groups is 1. The predicted molar refractivity (Wildman–Crippen MR) is 140 cm³/mol. The number of alkyl halides is 3. The van der Waals surface area contributed by atoms with Crippen molar-refractivity contribution >= 4 is 57.4 Å². The van der Waals surface area contributed by atoms with Crippen LogP contribution < -0.4 is 10.6 Å². The number of carbonyl (C=O) groups excluding carboxylic acids is 3. The van der Waals surface area contributed by atoms with Crippen LogP contribution in [0.15, 0.2) is 59.6 Å². The van der Waals surface area contributed by atoms with E-state index in [4.69, 9.17) is 11.6 Å². The van der Waals surface area contributed by atoms with E-state index >= 15 is 0 Å². The van der Waals surface area contributed by atoms with Crippen LogP contribution in [0.5, 0.6) is 0 Å². The van der Waals surface area contributed by atoms with Gasteiger partial charge < -0.3 is 15.6 Å². The molecule has 1 aliphatic heterocycles. The van der Waals surface area contributed by atoms with Gasteiger partial charge in [0.1, 0.15) is 5.52 Å². The number of halogens is 4. The van der Waals surface area contributed by atoms with E-state index in [0.29, 0.717) is 33.9 Å². The molecule has 4 aromatic rings. The minimum Gasteiger partial charge on any atom is -0.337 e. The van der Waals surface area contributed by atoms with Crippen molar-refractivity contribution in [2.75, 3.05) is 10.6 Å². The van der Waals surface area contributed by atoms with Crippen molar-refractivity contribution < 1.29 is 27.6 Å². The van der Waals surface area contributed by atoms with Crippen molar-refractivity contribution in [2.45, 2.75) is 25.9 Å². The van der Waals surface area contributed by atoms with Gasteiger partial charge in [0.05, 0.1) is 27.9 Å². The summed E-state index contributed by atoms with van der Waals surface area (Å²) >= 11 is 6.17. The molecule has 0 saturated carbocycles. The number of benzene rings is 3. The van der Waals surface area contributed by atoms with Gasteiger partial charge >= 0.3 is 6.18 Å². The van der Waals surface area contributed by atoms with Crippen molar-refractivity contribution in [1.29, 1.82) is 0 Å². The summed E-state index contributed by atoms with van der Waals surface area (Å²) in [6, 6.07) is 12.1. The quantitative estimate of drug-likeness (QED) is 0.274. The Kier molecular flexibility index (Phi) is 6.69. The van der Waals surface area contributed by atoms with Crippen molar-refractivity contribution in [3.63, 3.8) is 0 Å². The molecule has 39 heavy (non-hydrogen) atoms. The molecule has 12 heteroatoms. The molecule has 0 aliphatic carbocycles. The van der Waals surface area contributed by atoms with Crippen molar-refractivity contribution in [2.24, 2.45) is 4.99 Å². The molecule has 0 unspecified atom stereocenters. The van der Waals surface area contributed by atoms with Gasteiger partial charge in [-0.2, -0.15) is 13.2 Å². The highest BCUT2D eigenvalue weighted by Gasteiger charge is 2.35. The monoisotopic (exact) mass is 553 g/mol. The molecule has 3 aromatic carbocycles. The number of imidazole rings is 1. The molecule has 2 heterocycles. The Bertz CT molecular complexity index is 1690. The lowest BCUT2D eigenvalue weighted by Gasteiger charge is -2.14. The SMILES string of the molecule is Cc1c(Cl)cccc1NC(=O)c1cc(NC(=O)c2ccccc2C(F)(F)F)cc2[nH]c(C3=NC(=O)CC3)nc12. The number of anilines is 2. The highest BCUT2D eigenvalue weighted by molar-refractivity contribution is 6.32. The van der Waals surface area contributed by atoms with E-state index in [9.17, 15) is 27.6 Å². The Morgan fingerprint density at radius 1 is 0.974 bits per heavy atom. The summed E-state index contributed by atoms with van der Waals surface area (Å²) in [5.41, 5.74) is 0.420. The molecule has 3 amide bonds. The van der Waals surface area contributed by atoms with E-state index in [2.05, 4.69) is 25.6 Å². The maximum atomic E-state index is 13.5.